The minimum atomic E-state index is -0.545. The molecule has 6 nitrogen and oxygen atoms in total. The number of hydrogen-bond donors (Lipinski definition) is 3. The maximum absolute atomic E-state index is 12.0. The molecule has 1 heterocycles. The number of nitrogens with one attached hydrogen (secondary N) is 2. The van der Waals surface area contributed by atoms with Crippen LogP contribution in [-0.2, 0) is 4.79 Å². The first-order chi connectivity index (χ1) is 12.2. The SMILES string of the molecule is Cc1ccc(OCC(=O)NC(=S)Nc2sc(C)c(C)c2C(N)=O)c(Br)c1. The van der Waals surface area contributed by atoms with Gasteiger partial charge in [0, 0.05) is 4.88 Å². The molecular formula is C17H18BrN3O3S2. The maximum atomic E-state index is 12.0. The van der Waals surface area contributed by atoms with Crippen molar-refractivity contribution in [1.82, 2.24) is 5.32 Å². The van der Waals surface area contributed by atoms with E-state index in [-0.39, 0.29) is 11.7 Å². The van der Waals surface area contributed by atoms with Gasteiger partial charge in [0.15, 0.2) is 11.7 Å². The van der Waals surface area contributed by atoms with Crippen molar-refractivity contribution in [3.8, 4) is 5.75 Å². The Morgan fingerprint density at radius 1 is 1.31 bits per heavy atom. The molecule has 0 atom stereocenters. The van der Waals surface area contributed by atoms with Crippen LogP contribution >= 0.6 is 39.5 Å². The molecule has 9 heteroatoms. The molecule has 1 aromatic heterocycles. The van der Waals surface area contributed by atoms with Crippen LogP contribution in [0.25, 0.3) is 0 Å². The Morgan fingerprint density at radius 2 is 2.00 bits per heavy atom. The molecule has 0 saturated heterocycles. The second kappa shape index (κ2) is 8.61. The smallest absolute Gasteiger partial charge is 0.264 e. The summed E-state index contributed by atoms with van der Waals surface area (Å²) in [4.78, 5) is 24.6. The topological polar surface area (TPSA) is 93.4 Å². The van der Waals surface area contributed by atoms with Gasteiger partial charge in [-0.1, -0.05) is 6.07 Å². The average molecular weight is 456 g/mol. The van der Waals surface area contributed by atoms with Gasteiger partial charge in [-0.15, -0.1) is 11.3 Å². The van der Waals surface area contributed by atoms with E-state index in [9.17, 15) is 9.59 Å². The number of anilines is 1. The van der Waals surface area contributed by atoms with E-state index >= 15 is 0 Å². The molecule has 0 spiro atoms. The second-order valence-corrected chi connectivity index (χ2v) is 8.06. The predicted octanol–water partition coefficient (Wildman–Crippen LogP) is 3.43. The summed E-state index contributed by atoms with van der Waals surface area (Å²) in [5.41, 5.74) is 7.67. The Morgan fingerprint density at radius 3 is 2.62 bits per heavy atom. The zero-order valence-electron chi connectivity index (χ0n) is 14.4. The predicted molar refractivity (Wildman–Crippen MR) is 111 cm³/mol. The number of primary amides is 1. The minimum absolute atomic E-state index is 0.0744. The van der Waals surface area contributed by atoms with Crippen molar-refractivity contribution in [1.29, 1.82) is 0 Å². The lowest BCUT2D eigenvalue weighted by atomic mass is 10.1. The molecule has 1 aromatic carbocycles. The quantitative estimate of drug-likeness (QED) is 0.600. The molecule has 2 aromatic rings. The number of rotatable bonds is 5. The van der Waals surface area contributed by atoms with Crippen LogP contribution in [0, 0.1) is 20.8 Å². The van der Waals surface area contributed by atoms with Gasteiger partial charge in [-0.25, -0.2) is 0 Å². The maximum Gasteiger partial charge on any atom is 0.264 e. The number of carbonyl (C=O) groups is 2. The van der Waals surface area contributed by atoms with E-state index in [0.717, 1.165) is 20.5 Å². The van der Waals surface area contributed by atoms with E-state index in [1.165, 1.54) is 11.3 Å². The molecule has 0 aliphatic carbocycles. The standard InChI is InChI=1S/C17H18BrN3O3S2/c1-8-4-5-12(11(18)6-8)24-7-13(22)20-17(25)21-16-14(15(19)23)9(2)10(3)26-16/h4-6H,7H2,1-3H3,(H2,19,23)(H2,20,21,22,25). The van der Waals surface area contributed by atoms with E-state index in [1.54, 1.807) is 6.07 Å². The number of benzene rings is 1. The minimum Gasteiger partial charge on any atom is -0.483 e. The van der Waals surface area contributed by atoms with Gasteiger partial charge in [0.25, 0.3) is 11.8 Å². The van der Waals surface area contributed by atoms with Gasteiger partial charge in [-0.3, -0.25) is 14.9 Å². The first kappa shape index (κ1) is 20.3. The summed E-state index contributed by atoms with van der Waals surface area (Å²) in [6, 6.07) is 5.56. The average Bonchev–Trinajstić information content (AvgIpc) is 2.80. The lowest BCUT2D eigenvalue weighted by Gasteiger charge is -2.11. The third-order valence-electron chi connectivity index (χ3n) is 3.56. The summed E-state index contributed by atoms with van der Waals surface area (Å²) in [5, 5.41) is 5.96. The van der Waals surface area contributed by atoms with Gasteiger partial charge in [-0.2, -0.15) is 0 Å². The number of amides is 2. The highest BCUT2D eigenvalue weighted by molar-refractivity contribution is 9.10. The summed E-state index contributed by atoms with van der Waals surface area (Å²) in [7, 11) is 0. The largest absolute Gasteiger partial charge is 0.483 e. The summed E-state index contributed by atoms with van der Waals surface area (Å²) >= 11 is 9.87. The monoisotopic (exact) mass is 455 g/mol. The third-order valence-corrected chi connectivity index (χ3v) is 5.50. The van der Waals surface area contributed by atoms with Crippen LogP contribution in [0.3, 0.4) is 0 Å². The second-order valence-electron chi connectivity index (χ2n) is 5.58. The van der Waals surface area contributed by atoms with Crippen molar-refractivity contribution in [3.05, 3.63) is 44.2 Å². The van der Waals surface area contributed by atoms with E-state index in [2.05, 4.69) is 26.6 Å². The van der Waals surface area contributed by atoms with E-state index in [0.29, 0.717) is 16.3 Å². The van der Waals surface area contributed by atoms with Crippen LogP contribution in [0.4, 0.5) is 5.00 Å². The number of thiocarbonyl (C=S) groups is 1. The molecular weight excluding hydrogens is 438 g/mol. The molecule has 0 aliphatic heterocycles. The summed E-state index contributed by atoms with van der Waals surface area (Å²) in [6.45, 7) is 5.45. The Hall–Kier alpha value is -1.97. The van der Waals surface area contributed by atoms with Crippen molar-refractivity contribution in [2.45, 2.75) is 20.8 Å². The number of nitrogens with two attached hydrogens (primary N) is 1. The molecule has 0 fully saturated rings. The lowest BCUT2D eigenvalue weighted by Crippen LogP contribution is -2.37. The van der Waals surface area contributed by atoms with Gasteiger partial charge in [-0.05, 0) is 72.2 Å². The van der Waals surface area contributed by atoms with Crippen LogP contribution in [0.2, 0.25) is 0 Å². The molecule has 0 bridgehead atoms. The van der Waals surface area contributed by atoms with Gasteiger partial charge in [0.1, 0.15) is 10.8 Å². The first-order valence-corrected chi connectivity index (χ1v) is 9.60. The van der Waals surface area contributed by atoms with Gasteiger partial charge >= 0.3 is 0 Å². The van der Waals surface area contributed by atoms with Gasteiger partial charge in [0.05, 0.1) is 10.0 Å². The van der Waals surface area contributed by atoms with Crippen LogP contribution in [0.15, 0.2) is 22.7 Å². The molecule has 0 unspecified atom stereocenters. The Balaban J connectivity index is 1.94. The normalized spacial score (nSPS) is 10.3. The fraction of sp³-hybridized carbons (Fsp3) is 0.235. The first-order valence-electron chi connectivity index (χ1n) is 7.58. The van der Waals surface area contributed by atoms with Crippen LogP contribution < -0.4 is 21.1 Å². The van der Waals surface area contributed by atoms with Crippen molar-refractivity contribution in [3.63, 3.8) is 0 Å². The zero-order valence-corrected chi connectivity index (χ0v) is 17.7. The molecule has 2 amide bonds. The highest BCUT2D eigenvalue weighted by Gasteiger charge is 2.18. The van der Waals surface area contributed by atoms with Crippen LogP contribution in [-0.4, -0.2) is 23.5 Å². The highest BCUT2D eigenvalue weighted by atomic mass is 79.9. The number of thiophene rings is 1. The third kappa shape index (κ3) is 5.03. The Labute approximate surface area is 169 Å². The number of hydrogen-bond acceptors (Lipinski definition) is 5. The fourth-order valence-electron chi connectivity index (χ4n) is 2.18. The Kier molecular flexibility index (Phi) is 6.74. The summed E-state index contributed by atoms with van der Waals surface area (Å²) in [5.74, 6) is -0.401. The summed E-state index contributed by atoms with van der Waals surface area (Å²) < 4.78 is 6.24. The van der Waals surface area contributed by atoms with Crippen LogP contribution in [0.5, 0.6) is 5.75 Å². The zero-order chi connectivity index (χ0) is 19.4. The molecule has 0 radical (unpaired) electrons. The number of aryl methyl sites for hydroxylation is 2. The Bertz CT molecular complexity index is 880. The molecule has 4 N–H and O–H groups in total. The molecule has 26 heavy (non-hydrogen) atoms. The summed E-state index contributed by atoms with van der Waals surface area (Å²) in [6.07, 6.45) is 0. The van der Waals surface area contributed by atoms with Crippen molar-refractivity contribution in [2.24, 2.45) is 5.73 Å². The molecule has 2 rings (SSSR count). The van der Waals surface area contributed by atoms with Gasteiger partial charge < -0.3 is 15.8 Å². The fourth-order valence-corrected chi connectivity index (χ4v) is 4.13. The molecule has 0 aliphatic rings. The number of ether oxygens (including phenoxy) is 1. The van der Waals surface area contributed by atoms with E-state index in [1.807, 2.05) is 32.9 Å². The molecule has 138 valence electrons. The molecule has 0 saturated carbocycles. The van der Waals surface area contributed by atoms with E-state index in [4.69, 9.17) is 22.7 Å². The number of carbonyl (C=O) groups excluding carboxylic acids is 2. The number of halogens is 1. The highest BCUT2D eigenvalue weighted by Crippen LogP contribution is 2.32. The van der Waals surface area contributed by atoms with E-state index < -0.39 is 11.8 Å². The van der Waals surface area contributed by atoms with Crippen LogP contribution in [0.1, 0.15) is 26.4 Å². The van der Waals surface area contributed by atoms with Crippen molar-refractivity contribution < 1.29 is 14.3 Å². The van der Waals surface area contributed by atoms with Crippen molar-refractivity contribution in [2.75, 3.05) is 11.9 Å². The van der Waals surface area contributed by atoms with Crippen molar-refractivity contribution >= 4 is 61.4 Å². The lowest BCUT2D eigenvalue weighted by molar-refractivity contribution is -0.121. The van der Waals surface area contributed by atoms with Gasteiger partial charge in [0.2, 0.25) is 0 Å².